The molecular formula is C34H54FeO3-6. The van der Waals surface area contributed by atoms with Crippen LogP contribution in [-0.4, -0.2) is 16.9 Å². The molecule has 0 aromatic heterocycles. The molecule has 0 radical (unpaired) electrons. The Bertz CT molecular complexity index is 749. The van der Waals surface area contributed by atoms with Crippen LogP contribution in [0.2, 0.25) is 0 Å². The van der Waals surface area contributed by atoms with E-state index in [0.717, 1.165) is 44.1 Å². The number of hydrogen-bond acceptors (Lipinski definition) is 2. The molecule has 3 nitrogen and oxygen atoms in total. The average Bonchev–Trinajstić information content (AvgIpc) is 3.61. The molecule has 0 saturated heterocycles. The van der Waals surface area contributed by atoms with Crippen molar-refractivity contribution in [1.29, 1.82) is 0 Å². The van der Waals surface area contributed by atoms with E-state index in [1.165, 1.54) is 95.5 Å². The Kier molecular flexibility index (Phi) is 25.8. The summed E-state index contributed by atoms with van der Waals surface area (Å²) in [5, 5.41) is 8.40. The standard InChI is InChI=1S/C23H39O.C11H15O2.Fe/c1-2-3-4-5-6-7-8-9-10-11-12-13-14-15-16-21-23(24)22-19-17-18-20-22;12-11(13)9-3-1-2-6-10-7-4-5-8-10;/h17-20H,2-16,21H2,1H3;4-5,7-8H,1-3,6,9H2,(H,12,13);/q-1;-5;. The summed E-state index contributed by atoms with van der Waals surface area (Å²) in [5.41, 5.74) is 2.25. The van der Waals surface area contributed by atoms with Crippen LogP contribution in [0.3, 0.4) is 0 Å². The Morgan fingerprint density at radius 2 is 1.05 bits per heavy atom. The number of carboxylic acids is 1. The number of aliphatic carboxylic acids is 1. The summed E-state index contributed by atoms with van der Waals surface area (Å²) < 4.78 is 0. The van der Waals surface area contributed by atoms with Gasteiger partial charge in [-0.15, -0.1) is 0 Å². The first-order chi connectivity index (χ1) is 18.1. The van der Waals surface area contributed by atoms with Gasteiger partial charge in [0, 0.05) is 23.5 Å². The molecule has 0 saturated carbocycles. The van der Waals surface area contributed by atoms with Gasteiger partial charge in [-0.3, -0.25) is 4.79 Å². The van der Waals surface area contributed by atoms with Crippen LogP contribution in [0.15, 0.2) is 48.5 Å². The van der Waals surface area contributed by atoms with Gasteiger partial charge in [-0.05, 0) is 19.3 Å². The van der Waals surface area contributed by atoms with Crippen LogP contribution in [-0.2, 0) is 28.3 Å². The Morgan fingerprint density at radius 3 is 1.53 bits per heavy atom. The SMILES string of the molecule is CCCCCCCCCCCCCCCCCC(=O)[c-]1cccc1.O=C(O)CCCCC[c-]1[cH-][cH-][cH-][cH-]1.[Fe]. The molecule has 0 aliphatic heterocycles. The third-order valence-electron chi connectivity index (χ3n) is 7.08. The molecule has 38 heavy (non-hydrogen) atoms. The van der Waals surface area contributed by atoms with E-state index in [2.05, 4.69) is 19.1 Å². The van der Waals surface area contributed by atoms with Gasteiger partial charge in [0.05, 0.1) is 0 Å². The number of aryl methyl sites for hydroxylation is 1. The molecule has 0 aliphatic rings. The van der Waals surface area contributed by atoms with Crippen LogP contribution in [0, 0.1) is 0 Å². The van der Waals surface area contributed by atoms with E-state index in [1.807, 2.05) is 36.4 Å². The Hall–Kier alpha value is -1.64. The first-order valence-electron chi connectivity index (χ1n) is 15.3. The molecule has 0 amide bonds. The minimum absolute atomic E-state index is 0. The van der Waals surface area contributed by atoms with Crippen LogP contribution in [0.25, 0.3) is 0 Å². The van der Waals surface area contributed by atoms with E-state index >= 15 is 0 Å². The second-order valence-corrected chi connectivity index (χ2v) is 10.5. The Morgan fingerprint density at radius 1 is 0.632 bits per heavy atom. The number of rotatable bonds is 23. The van der Waals surface area contributed by atoms with Crippen LogP contribution >= 0.6 is 0 Å². The minimum Gasteiger partial charge on any atom is -0.748 e. The minimum atomic E-state index is -0.687. The molecule has 0 spiro atoms. The van der Waals surface area contributed by atoms with Crippen LogP contribution in [0.4, 0.5) is 0 Å². The van der Waals surface area contributed by atoms with E-state index in [0.29, 0.717) is 12.2 Å². The molecule has 2 aromatic rings. The third kappa shape index (κ3) is 22.4. The fourth-order valence-corrected chi connectivity index (χ4v) is 4.72. The summed E-state index contributed by atoms with van der Waals surface area (Å²) in [4.78, 5) is 22.0. The van der Waals surface area contributed by atoms with Gasteiger partial charge in [-0.2, -0.15) is 12.1 Å². The second kappa shape index (κ2) is 26.9. The third-order valence-corrected chi connectivity index (χ3v) is 7.08. The molecule has 0 atom stereocenters. The van der Waals surface area contributed by atoms with Gasteiger partial charge in [0.15, 0.2) is 0 Å². The summed E-state index contributed by atoms with van der Waals surface area (Å²) in [6, 6.07) is 16.0. The smallest absolute Gasteiger partial charge is 0.303 e. The van der Waals surface area contributed by atoms with E-state index in [-0.39, 0.29) is 17.1 Å². The number of ketones is 1. The van der Waals surface area contributed by atoms with Crippen LogP contribution < -0.4 is 0 Å². The number of carbonyl (C=O) groups is 2. The predicted molar refractivity (Wildman–Crippen MR) is 158 cm³/mol. The van der Waals surface area contributed by atoms with Crippen molar-refractivity contribution < 1.29 is 31.8 Å². The molecule has 0 bridgehead atoms. The summed E-state index contributed by atoms with van der Waals surface area (Å²) in [6.45, 7) is 2.28. The summed E-state index contributed by atoms with van der Waals surface area (Å²) in [6.07, 6.45) is 25.6. The normalized spacial score (nSPS) is 10.4. The Labute approximate surface area is 244 Å². The molecule has 2 aromatic carbocycles. The van der Waals surface area contributed by atoms with E-state index in [9.17, 15) is 9.59 Å². The van der Waals surface area contributed by atoms with E-state index in [1.54, 1.807) is 0 Å². The number of unbranched alkanes of at least 4 members (excludes halogenated alkanes) is 16. The van der Waals surface area contributed by atoms with Crippen molar-refractivity contribution in [2.75, 3.05) is 0 Å². The van der Waals surface area contributed by atoms with Gasteiger partial charge in [0.2, 0.25) is 0 Å². The second-order valence-electron chi connectivity index (χ2n) is 10.5. The maximum Gasteiger partial charge on any atom is 0.303 e. The molecular weight excluding hydrogens is 512 g/mol. The monoisotopic (exact) mass is 566 g/mol. The van der Waals surface area contributed by atoms with Crippen LogP contribution in [0.1, 0.15) is 151 Å². The molecule has 0 fully saturated rings. The van der Waals surface area contributed by atoms with Gasteiger partial charge in [-0.25, -0.2) is 18.6 Å². The number of carboxylic acid groups (broad SMARTS) is 1. The quantitative estimate of drug-likeness (QED) is 0.0630. The van der Waals surface area contributed by atoms with Crippen LogP contribution in [0.5, 0.6) is 0 Å². The summed E-state index contributed by atoms with van der Waals surface area (Å²) in [7, 11) is 0. The van der Waals surface area contributed by atoms with E-state index < -0.39 is 5.97 Å². The van der Waals surface area contributed by atoms with Crippen molar-refractivity contribution in [2.24, 2.45) is 0 Å². The maximum absolute atomic E-state index is 11.8. The van der Waals surface area contributed by atoms with Gasteiger partial charge < -0.3 is 39.7 Å². The van der Waals surface area contributed by atoms with Gasteiger partial charge in [0.1, 0.15) is 5.78 Å². The zero-order chi connectivity index (χ0) is 26.8. The zero-order valence-electron chi connectivity index (χ0n) is 24.1. The molecule has 0 heterocycles. The number of hydrogen-bond donors (Lipinski definition) is 1. The molecule has 0 aliphatic carbocycles. The van der Waals surface area contributed by atoms with Crippen molar-refractivity contribution >= 4 is 11.8 Å². The molecule has 0 unspecified atom stereocenters. The van der Waals surface area contributed by atoms with Gasteiger partial charge in [-0.1, -0.05) is 115 Å². The van der Waals surface area contributed by atoms with E-state index in [4.69, 9.17) is 5.11 Å². The first kappa shape index (κ1) is 36.4. The van der Waals surface area contributed by atoms with Crippen molar-refractivity contribution in [1.82, 2.24) is 0 Å². The number of carbonyl (C=O) groups excluding carboxylic acids is 1. The molecule has 1 N–H and O–H groups in total. The molecule has 2 rings (SSSR count). The largest absolute Gasteiger partial charge is 0.748 e. The van der Waals surface area contributed by atoms with Crippen molar-refractivity contribution in [3.8, 4) is 0 Å². The Balaban J connectivity index is 0.000000827. The van der Waals surface area contributed by atoms with Crippen molar-refractivity contribution in [3.63, 3.8) is 0 Å². The summed E-state index contributed by atoms with van der Waals surface area (Å²) >= 11 is 0. The number of Topliss-reactive ketones (excluding diaryl/α,β-unsaturated/α-hetero) is 1. The average molecular weight is 567 g/mol. The summed E-state index contributed by atoms with van der Waals surface area (Å²) in [5.74, 6) is -0.372. The fraction of sp³-hybridized carbons (Fsp3) is 0.647. The van der Waals surface area contributed by atoms with Gasteiger partial charge in [0.25, 0.3) is 0 Å². The van der Waals surface area contributed by atoms with Crippen molar-refractivity contribution in [2.45, 2.75) is 142 Å². The molecule has 222 valence electrons. The van der Waals surface area contributed by atoms with Gasteiger partial charge >= 0.3 is 5.97 Å². The fourth-order valence-electron chi connectivity index (χ4n) is 4.72. The molecule has 4 heteroatoms. The zero-order valence-corrected chi connectivity index (χ0v) is 25.2. The topological polar surface area (TPSA) is 54.4 Å². The van der Waals surface area contributed by atoms with Crippen molar-refractivity contribution in [3.05, 3.63) is 59.7 Å². The predicted octanol–water partition coefficient (Wildman–Crippen LogP) is 10.4. The first-order valence-corrected chi connectivity index (χ1v) is 15.3. The maximum atomic E-state index is 11.8.